The number of hydrogen-bond acceptors (Lipinski definition) is 7. The number of fused-ring (bicyclic) bond motifs is 1. The molecule has 9 nitrogen and oxygen atoms in total. The van der Waals surface area contributed by atoms with Gasteiger partial charge in [0.2, 0.25) is 0 Å². The highest BCUT2D eigenvalue weighted by Gasteiger charge is 2.38. The minimum atomic E-state index is -4.93. The number of benzene rings is 4. The smallest absolute Gasteiger partial charge is 0.505 e. The van der Waals surface area contributed by atoms with Crippen LogP contribution in [0.4, 0.5) is 35.0 Å². The van der Waals surface area contributed by atoms with Gasteiger partial charge in [-0.3, -0.25) is 15.1 Å². The maximum atomic E-state index is 13.6. The summed E-state index contributed by atoms with van der Waals surface area (Å²) in [6, 6.07) is 19.5. The second kappa shape index (κ2) is 10.8. The maximum Gasteiger partial charge on any atom is 0.573 e. The van der Waals surface area contributed by atoms with Gasteiger partial charge >= 0.3 is 12.5 Å². The van der Waals surface area contributed by atoms with E-state index < -0.39 is 24.2 Å². The Kier molecular flexibility index (Phi) is 7.21. The van der Waals surface area contributed by atoms with E-state index in [0.717, 1.165) is 23.3 Å². The number of nitrogens with one attached hydrogen (secondary N) is 1. The lowest BCUT2D eigenvalue weighted by Gasteiger charge is -2.19. The summed E-state index contributed by atoms with van der Waals surface area (Å²) in [4.78, 5) is 25.8. The largest absolute Gasteiger partial charge is 0.573 e. The summed E-state index contributed by atoms with van der Waals surface area (Å²) >= 11 is 0. The molecule has 0 unspecified atom stereocenters. The van der Waals surface area contributed by atoms with Crippen LogP contribution in [0.2, 0.25) is 0 Å². The molecule has 214 valence electrons. The van der Waals surface area contributed by atoms with Crippen LogP contribution in [0.5, 0.6) is 17.2 Å². The molecule has 42 heavy (non-hydrogen) atoms. The number of aromatic hydroxyl groups is 1. The van der Waals surface area contributed by atoms with Crippen molar-refractivity contribution < 1.29 is 42.4 Å². The number of carbonyl (C=O) groups excluding carboxylic acids is 1. The van der Waals surface area contributed by atoms with Gasteiger partial charge in [-0.15, -0.1) is 13.2 Å². The zero-order chi connectivity index (χ0) is 30.2. The molecule has 0 bridgehead atoms. The average molecular weight is 578 g/mol. The molecular formula is C30H22F3N3O6. The second-order valence-corrected chi connectivity index (χ2v) is 9.31. The van der Waals surface area contributed by atoms with E-state index in [2.05, 4.69) is 20.0 Å². The number of hydrazone groups is 1. The zero-order valence-electron chi connectivity index (χ0n) is 22.1. The Labute approximate surface area is 237 Å². The summed E-state index contributed by atoms with van der Waals surface area (Å²) in [7, 11) is 0. The van der Waals surface area contributed by atoms with Crippen LogP contribution in [0.3, 0.4) is 0 Å². The van der Waals surface area contributed by atoms with Gasteiger partial charge in [-0.05, 0) is 73.0 Å². The number of nitrogens with zero attached hydrogens (tertiary/aromatic N) is 2. The topological polar surface area (TPSA) is 121 Å². The Morgan fingerprint density at radius 1 is 0.905 bits per heavy atom. The molecular weight excluding hydrogens is 555 g/mol. The Morgan fingerprint density at radius 3 is 2.38 bits per heavy atom. The van der Waals surface area contributed by atoms with E-state index in [0.29, 0.717) is 16.8 Å². The number of halogens is 3. The van der Waals surface area contributed by atoms with Crippen LogP contribution < -0.4 is 19.8 Å². The number of rotatable bonds is 6. The van der Waals surface area contributed by atoms with Crippen molar-refractivity contribution in [3.8, 4) is 28.4 Å². The van der Waals surface area contributed by atoms with Crippen molar-refractivity contribution in [1.29, 1.82) is 0 Å². The van der Waals surface area contributed by atoms with Crippen molar-refractivity contribution in [2.24, 2.45) is 5.10 Å². The molecule has 0 spiro atoms. The number of alkyl halides is 3. The number of anilines is 3. The van der Waals surface area contributed by atoms with Crippen LogP contribution in [0, 0.1) is 13.8 Å². The number of aryl methyl sites for hydroxylation is 2. The molecule has 4 aromatic rings. The fourth-order valence-electron chi connectivity index (χ4n) is 4.46. The minimum Gasteiger partial charge on any atom is -0.505 e. The lowest BCUT2D eigenvalue weighted by Crippen LogP contribution is -2.26. The minimum absolute atomic E-state index is 0.0477. The molecule has 1 aliphatic heterocycles. The number of carbonyl (C=O) groups is 2. The molecule has 5 rings (SSSR count). The SMILES string of the molecule is Cc1ccc(N2C(=O)C(=NNc3cccc(-c4cccc(OC(=O)O)c4)c3O)c3ccc(OC(F)(F)F)cc32)cc1C. The standard InChI is InChI=1S/C30H22F3N3O6/c1-16-9-10-19(13-17(16)2)36-25-15-21(42-30(31,32)33)11-12-23(25)26(28(36)38)35-34-24-8-4-7-22(27(24)37)18-5-3-6-20(14-18)41-29(39)40/h3-15,34,37H,1-2H3,(H,39,40). The molecule has 4 aromatic carbocycles. The predicted molar refractivity (Wildman–Crippen MR) is 149 cm³/mol. The summed E-state index contributed by atoms with van der Waals surface area (Å²) in [5.41, 5.74) is 6.09. The Balaban J connectivity index is 1.53. The first kappa shape index (κ1) is 28.0. The van der Waals surface area contributed by atoms with Gasteiger partial charge in [0, 0.05) is 22.9 Å². The molecule has 0 aliphatic carbocycles. The molecule has 0 atom stereocenters. The number of amides is 1. The normalized spacial score (nSPS) is 13.7. The van der Waals surface area contributed by atoms with Crippen LogP contribution in [0.15, 0.2) is 84.0 Å². The van der Waals surface area contributed by atoms with Crippen molar-refractivity contribution in [3.05, 3.63) is 95.6 Å². The number of para-hydroxylation sites is 1. The fraction of sp³-hybridized carbons (Fsp3) is 0.100. The van der Waals surface area contributed by atoms with E-state index in [1.54, 1.807) is 42.5 Å². The molecule has 0 saturated heterocycles. The first-order valence-electron chi connectivity index (χ1n) is 12.4. The van der Waals surface area contributed by atoms with Crippen molar-refractivity contribution in [3.63, 3.8) is 0 Å². The highest BCUT2D eigenvalue weighted by molar-refractivity contribution is 6.55. The van der Waals surface area contributed by atoms with E-state index >= 15 is 0 Å². The van der Waals surface area contributed by atoms with E-state index in [4.69, 9.17) is 5.11 Å². The van der Waals surface area contributed by atoms with Gasteiger partial charge in [-0.1, -0.05) is 30.3 Å². The van der Waals surface area contributed by atoms with Gasteiger partial charge in [0.25, 0.3) is 5.91 Å². The third-order valence-corrected chi connectivity index (χ3v) is 6.53. The van der Waals surface area contributed by atoms with E-state index in [1.807, 2.05) is 13.8 Å². The molecule has 0 fully saturated rings. The van der Waals surface area contributed by atoms with Crippen molar-refractivity contribution in [1.82, 2.24) is 0 Å². The zero-order valence-corrected chi connectivity index (χ0v) is 22.1. The first-order valence-corrected chi connectivity index (χ1v) is 12.4. The molecule has 1 heterocycles. The molecule has 12 heteroatoms. The number of phenols is 1. The molecule has 0 radical (unpaired) electrons. The van der Waals surface area contributed by atoms with Crippen LogP contribution in [0.25, 0.3) is 11.1 Å². The number of carboxylic acid groups (broad SMARTS) is 1. The monoisotopic (exact) mass is 577 g/mol. The van der Waals surface area contributed by atoms with E-state index in [1.165, 1.54) is 29.2 Å². The van der Waals surface area contributed by atoms with Crippen molar-refractivity contribution >= 4 is 34.8 Å². The summed E-state index contributed by atoms with van der Waals surface area (Å²) in [5.74, 6) is -1.32. The van der Waals surface area contributed by atoms with Crippen LogP contribution in [-0.4, -0.2) is 34.3 Å². The molecule has 0 aromatic heterocycles. The maximum absolute atomic E-state index is 13.6. The fourth-order valence-corrected chi connectivity index (χ4v) is 4.46. The Hall–Kier alpha value is -5.52. The predicted octanol–water partition coefficient (Wildman–Crippen LogP) is 7.13. The number of hydrogen-bond donors (Lipinski definition) is 3. The quantitative estimate of drug-likeness (QED) is 0.0965. The molecule has 3 N–H and O–H groups in total. The van der Waals surface area contributed by atoms with Crippen molar-refractivity contribution in [2.45, 2.75) is 20.2 Å². The van der Waals surface area contributed by atoms with Gasteiger partial charge in [0.05, 0.1) is 11.4 Å². The average Bonchev–Trinajstić information content (AvgIpc) is 3.18. The first-order chi connectivity index (χ1) is 19.9. The van der Waals surface area contributed by atoms with Gasteiger partial charge in [0.1, 0.15) is 17.2 Å². The van der Waals surface area contributed by atoms with Crippen LogP contribution >= 0.6 is 0 Å². The van der Waals surface area contributed by atoms with E-state index in [9.17, 15) is 27.9 Å². The second-order valence-electron chi connectivity index (χ2n) is 9.31. The van der Waals surface area contributed by atoms with Gasteiger partial charge < -0.3 is 19.7 Å². The van der Waals surface area contributed by atoms with Gasteiger partial charge in [0.15, 0.2) is 5.71 Å². The summed E-state index contributed by atoms with van der Waals surface area (Å²) in [6.45, 7) is 3.74. The molecule has 0 saturated carbocycles. The summed E-state index contributed by atoms with van der Waals surface area (Å²) in [6.07, 6.45) is -6.42. The van der Waals surface area contributed by atoms with Gasteiger partial charge in [-0.2, -0.15) is 5.10 Å². The summed E-state index contributed by atoms with van der Waals surface area (Å²) < 4.78 is 47.6. The summed E-state index contributed by atoms with van der Waals surface area (Å²) in [5, 5.41) is 24.1. The van der Waals surface area contributed by atoms with Crippen LogP contribution in [0.1, 0.15) is 16.7 Å². The lowest BCUT2D eigenvalue weighted by molar-refractivity contribution is -0.274. The Morgan fingerprint density at radius 2 is 1.67 bits per heavy atom. The number of ether oxygens (including phenoxy) is 2. The third-order valence-electron chi connectivity index (χ3n) is 6.53. The van der Waals surface area contributed by atoms with E-state index in [-0.39, 0.29) is 34.1 Å². The molecule has 1 aliphatic rings. The Bertz CT molecular complexity index is 1750. The third kappa shape index (κ3) is 5.68. The lowest BCUT2D eigenvalue weighted by atomic mass is 10.0. The van der Waals surface area contributed by atoms with Gasteiger partial charge in [-0.25, -0.2) is 4.79 Å². The highest BCUT2D eigenvalue weighted by Crippen LogP contribution is 2.41. The van der Waals surface area contributed by atoms with Crippen LogP contribution in [-0.2, 0) is 4.79 Å². The highest BCUT2D eigenvalue weighted by atomic mass is 19.4. The van der Waals surface area contributed by atoms with Crippen molar-refractivity contribution in [2.75, 3.05) is 10.3 Å². The molecule has 1 amide bonds. The number of phenolic OH excluding ortho intramolecular Hbond substituents is 1.